The number of H-pyrrole nitrogens is 1. The Morgan fingerprint density at radius 1 is 1.45 bits per heavy atom. The van der Waals surface area contributed by atoms with E-state index >= 15 is 0 Å². The van der Waals surface area contributed by atoms with Crippen molar-refractivity contribution in [3.8, 4) is 0 Å². The van der Waals surface area contributed by atoms with Gasteiger partial charge in [-0.25, -0.2) is 4.98 Å². The summed E-state index contributed by atoms with van der Waals surface area (Å²) in [5, 5.41) is 0.0656. The number of fused-ring (bicyclic) bond motifs is 1. The maximum atomic E-state index is 13.1. The SMILES string of the molecule is C=CC(N)c1cc2c(=O)[nH]c(C)nc2cc1C(F)(F)F. The van der Waals surface area contributed by atoms with Crippen LogP contribution in [0.15, 0.2) is 29.6 Å². The molecule has 3 N–H and O–H groups in total. The fourth-order valence-corrected chi connectivity index (χ4v) is 1.97. The summed E-state index contributed by atoms with van der Waals surface area (Å²) in [7, 11) is 0. The van der Waals surface area contributed by atoms with Crippen molar-refractivity contribution in [3.05, 3.63) is 52.1 Å². The molecule has 1 aromatic heterocycles. The van der Waals surface area contributed by atoms with Crippen LogP contribution in [0.1, 0.15) is 23.0 Å². The quantitative estimate of drug-likeness (QED) is 0.831. The predicted octanol–water partition coefficient (Wildman–Crippen LogP) is 2.44. The highest BCUT2D eigenvalue weighted by Gasteiger charge is 2.35. The number of nitrogens with zero attached hydrogens (tertiary/aromatic N) is 1. The molecule has 0 aliphatic heterocycles. The maximum absolute atomic E-state index is 13.1. The number of halogens is 3. The summed E-state index contributed by atoms with van der Waals surface area (Å²) in [6.45, 7) is 4.88. The number of aromatic nitrogens is 2. The van der Waals surface area contributed by atoms with Gasteiger partial charge in [0.05, 0.1) is 16.5 Å². The summed E-state index contributed by atoms with van der Waals surface area (Å²) in [6, 6.07) is 0.947. The molecule has 1 aromatic carbocycles. The first-order chi connectivity index (χ1) is 9.24. The Morgan fingerprint density at radius 3 is 2.65 bits per heavy atom. The average Bonchev–Trinajstić information content (AvgIpc) is 2.35. The zero-order valence-corrected chi connectivity index (χ0v) is 10.6. The Bertz CT molecular complexity index is 734. The van der Waals surface area contributed by atoms with Crippen LogP contribution in [0.25, 0.3) is 10.9 Å². The minimum Gasteiger partial charge on any atom is -0.321 e. The van der Waals surface area contributed by atoms with Crippen LogP contribution in [-0.4, -0.2) is 9.97 Å². The molecule has 4 nitrogen and oxygen atoms in total. The lowest BCUT2D eigenvalue weighted by Gasteiger charge is -2.16. The van der Waals surface area contributed by atoms with Gasteiger partial charge in [-0.2, -0.15) is 13.2 Å². The van der Waals surface area contributed by atoms with Crippen LogP contribution in [0.5, 0.6) is 0 Å². The first kappa shape index (κ1) is 14.3. The highest BCUT2D eigenvalue weighted by atomic mass is 19.4. The molecule has 0 aliphatic carbocycles. The number of hydrogen-bond acceptors (Lipinski definition) is 3. The molecule has 1 heterocycles. The van der Waals surface area contributed by atoms with E-state index < -0.39 is 23.3 Å². The Labute approximate surface area is 112 Å². The lowest BCUT2D eigenvalue weighted by atomic mass is 9.98. The molecule has 1 unspecified atom stereocenters. The van der Waals surface area contributed by atoms with Crippen molar-refractivity contribution in [3.63, 3.8) is 0 Å². The third kappa shape index (κ3) is 2.44. The van der Waals surface area contributed by atoms with Gasteiger partial charge >= 0.3 is 6.18 Å². The second-order valence-corrected chi connectivity index (χ2v) is 4.37. The van der Waals surface area contributed by atoms with Crippen LogP contribution >= 0.6 is 0 Å². The van der Waals surface area contributed by atoms with Crippen molar-refractivity contribution in [2.24, 2.45) is 5.73 Å². The molecule has 0 spiro atoms. The summed E-state index contributed by atoms with van der Waals surface area (Å²) < 4.78 is 39.2. The third-order valence-electron chi connectivity index (χ3n) is 2.91. The molecule has 0 saturated heterocycles. The van der Waals surface area contributed by atoms with Crippen molar-refractivity contribution < 1.29 is 13.2 Å². The minimum absolute atomic E-state index is 0.0152. The van der Waals surface area contributed by atoms with Crippen molar-refractivity contribution in [2.75, 3.05) is 0 Å². The Morgan fingerprint density at radius 2 is 2.10 bits per heavy atom. The van der Waals surface area contributed by atoms with Gasteiger partial charge in [-0.3, -0.25) is 4.79 Å². The van der Waals surface area contributed by atoms with E-state index in [1.807, 2.05) is 0 Å². The zero-order chi connectivity index (χ0) is 15.1. The highest BCUT2D eigenvalue weighted by Crippen LogP contribution is 2.36. The molecule has 2 rings (SSSR count). The maximum Gasteiger partial charge on any atom is 0.416 e. The number of hydrogen-bond donors (Lipinski definition) is 2. The number of nitrogens with two attached hydrogens (primary N) is 1. The third-order valence-corrected chi connectivity index (χ3v) is 2.91. The van der Waals surface area contributed by atoms with Gasteiger partial charge in [0.1, 0.15) is 5.82 Å². The Kier molecular flexibility index (Phi) is 3.39. The summed E-state index contributed by atoms with van der Waals surface area (Å²) >= 11 is 0. The average molecular weight is 283 g/mol. The van der Waals surface area contributed by atoms with E-state index in [9.17, 15) is 18.0 Å². The van der Waals surface area contributed by atoms with Crippen LogP contribution < -0.4 is 11.3 Å². The van der Waals surface area contributed by atoms with E-state index in [1.54, 1.807) is 0 Å². The van der Waals surface area contributed by atoms with E-state index in [4.69, 9.17) is 5.73 Å². The highest BCUT2D eigenvalue weighted by molar-refractivity contribution is 5.80. The molecular formula is C13H12F3N3O. The second kappa shape index (κ2) is 4.75. The van der Waals surface area contributed by atoms with E-state index in [2.05, 4.69) is 16.5 Å². The molecule has 1 atom stereocenters. The first-order valence-electron chi connectivity index (χ1n) is 5.74. The fraction of sp³-hybridized carbons (Fsp3) is 0.231. The molecule has 2 aromatic rings. The van der Waals surface area contributed by atoms with Gasteiger partial charge in [0.25, 0.3) is 5.56 Å². The fourth-order valence-electron chi connectivity index (χ4n) is 1.97. The first-order valence-corrected chi connectivity index (χ1v) is 5.74. The Hall–Kier alpha value is -2.15. The van der Waals surface area contributed by atoms with Crippen molar-refractivity contribution in [1.29, 1.82) is 0 Å². The number of rotatable bonds is 2. The zero-order valence-electron chi connectivity index (χ0n) is 10.6. The smallest absolute Gasteiger partial charge is 0.321 e. The number of alkyl halides is 3. The van der Waals surface area contributed by atoms with Crippen LogP contribution in [0.3, 0.4) is 0 Å². The monoisotopic (exact) mass is 283 g/mol. The van der Waals surface area contributed by atoms with Gasteiger partial charge in [0.2, 0.25) is 0 Å². The summed E-state index contributed by atoms with van der Waals surface area (Å²) in [6.07, 6.45) is -3.39. The topological polar surface area (TPSA) is 71.8 Å². The predicted molar refractivity (Wildman–Crippen MR) is 69.2 cm³/mol. The summed E-state index contributed by atoms with van der Waals surface area (Å²) in [4.78, 5) is 18.1. The number of aromatic amines is 1. The largest absolute Gasteiger partial charge is 0.416 e. The second-order valence-electron chi connectivity index (χ2n) is 4.37. The van der Waals surface area contributed by atoms with Gasteiger partial charge in [0, 0.05) is 6.04 Å². The van der Waals surface area contributed by atoms with Crippen LogP contribution in [0.2, 0.25) is 0 Å². The van der Waals surface area contributed by atoms with Gasteiger partial charge in [-0.05, 0) is 24.6 Å². The molecule has 0 radical (unpaired) electrons. The van der Waals surface area contributed by atoms with Crippen LogP contribution in [0.4, 0.5) is 13.2 Å². The molecular weight excluding hydrogens is 271 g/mol. The lowest BCUT2D eigenvalue weighted by Crippen LogP contribution is -2.18. The van der Waals surface area contributed by atoms with E-state index in [1.165, 1.54) is 13.0 Å². The van der Waals surface area contributed by atoms with Crippen molar-refractivity contribution in [1.82, 2.24) is 9.97 Å². The lowest BCUT2D eigenvalue weighted by molar-refractivity contribution is -0.138. The summed E-state index contributed by atoms with van der Waals surface area (Å²) in [5.41, 5.74) is 3.99. The number of benzene rings is 1. The van der Waals surface area contributed by atoms with Crippen LogP contribution in [-0.2, 0) is 6.18 Å². The standard InChI is InChI=1S/C13H12F3N3O/c1-3-10(17)7-4-8-11(5-9(7)13(14,15)16)18-6(2)19-12(8)20/h3-5,10H,1,17H2,2H3,(H,18,19,20). The normalized spacial score (nSPS) is 13.4. The molecule has 0 saturated carbocycles. The van der Waals surface area contributed by atoms with E-state index in [-0.39, 0.29) is 22.3 Å². The molecule has 0 aliphatic rings. The molecule has 106 valence electrons. The van der Waals surface area contributed by atoms with E-state index in [0.717, 1.165) is 12.1 Å². The molecule has 0 fully saturated rings. The number of nitrogens with one attached hydrogen (secondary N) is 1. The molecule has 0 amide bonds. The van der Waals surface area contributed by atoms with Gasteiger partial charge in [-0.15, -0.1) is 6.58 Å². The van der Waals surface area contributed by atoms with Crippen molar-refractivity contribution >= 4 is 10.9 Å². The van der Waals surface area contributed by atoms with Gasteiger partial charge in [-0.1, -0.05) is 6.08 Å². The molecule has 7 heteroatoms. The summed E-state index contributed by atoms with van der Waals surface area (Å²) in [5.74, 6) is 0.247. The number of aryl methyl sites for hydroxylation is 1. The van der Waals surface area contributed by atoms with Crippen LogP contribution in [0, 0.1) is 6.92 Å². The minimum atomic E-state index is -4.58. The molecule has 20 heavy (non-hydrogen) atoms. The molecule has 0 bridgehead atoms. The van der Waals surface area contributed by atoms with Gasteiger partial charge < -0.3 is 10.7 Å². The van der Waals surface area contributed by atoms with Crippen molar-refractivity contribution in [2.45, 2.75) is 19.1 Å². The Balaban J connectivity index is 2.89. The van der Waals surface area contributed by atoms with Gasteiger partial charge in [0.15, 0.2) is 0 Å². The van der Waals surface area contributed by atoms with E-state index in [0.29, 0.717) is 0 Å².